The van der Waals surface area contributed by atoms with Crippen molar-refractivity contribution in [3.63, 3.8) is 0 Å². The maximum absolute atomic E-state index is 14.2. The first-order valence-electron chi connectivity index (χ1n) is 12.1. The summed E-state index contributed by atoms with van der Waals surface area (Å²) in [4.78, 5) is 26.0. The second kappa shape index (κ2) is 10.6. The molecule has 0 spiro atoms. The lowest BCUT2D eigenvalue weighted by molar-refractivity contribution is -0.117. The topological polar surface area (TPSA) is 71.8 Å². The zero-order valence-electron chi connectivity index (χ0n) is 20.7. The molecule has 1 saturated heterocycles. The average molecular weight is 599 g/mol. The van der Waals surface area contributed by atoms with Crippen LogP contribution in [-0.4, -0.2) is 28.1 Å². The van der Waals surface area contributed by atoms with Crippen LogP contribution in [0.25, 0.3) is 16.9 Å². The van der Waals surface area contributed by atoms with E-state index in [0.717, 1.165) is 5.69 Å². The minimum absolute atomic E-state index is 0.0224. The van der Waals surface area contributed by atoms with E-state index in [2.05, 4.69) is 15.9 Å². The Hall–Kier alpha value is -4.05. The van der Waals surface area contributed by atoms with Crippen molar-refractivity contribution in [3.05, 3.63) is 99.4 Å². The van der Waals surface area contributed by atoms with Crippen molar-refractivity contribution >= 4 is 33.5 Å². The van der Waals surface area contributed by atoms with Gasteiger partial charge in [-0.1, -0.05) is 15.9 Å². The molecule has 1 N–H and O–H groups in total. The van der Waals surface area contributed by atoms with Crippen LogP contribution in [-0.2, 0) is 11.4 Å². The molecule has 0 radical (unpaired) electrons. The molecule has 39 heavy (non-hydrogen) atoms. The van der Waals surface area contributed by atoms with Crippen LogP contribution in [0.5, 0.6) is 5.75 Å². The highest BCUT2D eigenvalue weighted by Crippen LogP contribution is 2.37. The van der Waals surface area contributed by atoms with E-state index in [9.17, 15) is 27.9 Å². The van der Waals surface area contributed by atoms with Crippen molar-refractivity contribution < 1.29 is 32.6 Å². The Morgan fingerprint density at radius 3 is 2.38 bits per heavy atom. The molecule has 200 valence electrons. The Labute approximate surface area is 230 Å². The molecule has 0 bridgehead atoms. The Balaban J connectivity index is 1.60. The largest absolute Gasteiger partial charge is 0.488 e. The van der Waals surface area contributed by atoms with Gasteiger partial charge in [0.25, 0.3) is 0 Å². The molecule has 0 atom stereocenters. The molecular formula is C29H22BrF3N2O4. The fourth-order valence-corrected chi connectivity index (χ4v) is 5.07. The van der Waals surface area contributed by atoms with Crippen LogP contribution in [0.4, 0.5) is 18.9 Å². The number of aromatic carboxylic acids is 1. The first kappa shape index (κ1) is 26.6. The van der Waals surface area contributed by atoms with Gasteiger partial charge in [-0.05, 0) is 61.9 Å². The SMILES string of the molecule is Cc1ccc(-c2cc(Br)ccc2OCc2c(F)cc(F)cc2F)n1-c1cc(C(=O)O)cc(N2CCCC2=O)c1. The van der Waals surface area contributed by atoms with Gasteiger partial charge in [0, 0.05) is 52.2 Å². The summed E-state index contributed by atoms with van der Waals surface area (Å²) in [6, 6.07) is 14.7. The third kappa shape index (κ3) is 5.29. The number of nitrogens with zero attached hydrogens (tertiary/aromatic N) is 2. The molecular weight excluding hydrogens is 577 g/mol. The smallest absolute Gasteiger partial charge is 0.335 e. The second-order valence-corrected chi connectivity index (χ2v) is 10.1. The molecule has 5 rings (SSSR count). The quantitative estimate of drug-likeness (QED) is 0.248. The predicted molar refractivity (Wildman–Crippen MR) is 143 cm³/mol. The summed E-state index contributed by atoms with van der Waals surface area (Å²) < 4.78 is 50.2. The van der Waals surface area contributed by atoms with Crippen molar-refractivity contribution in [2.45, 2.75) is 26.4 Å². The molecule has 1 aromatic heterocycles. The molecule has 2 heterocycles. The Kier molecular flexibility index (Phi) is 7.22. The second-order valence-electron chi connectivity index (χ2n) is 9.16. The first-order chi connectivity index (χ1) is 18.6. The number of halogens is 4. The molecule has 0 unspecified atom stereocenters. The van der Waals surface area contributed by atoms with E-state index in [4.69, 9.17) is 4.74 Å². The third-order valence-corrected chi connectivity index (χ3v) is 7.06. The van der Waals surface area contributed by atoms with Gasteiger partial charge in [0.15, 0.2) is 0 Å². The molecule has 0 aliphatic carbocycles. The van der Waals surface area contributed by atoms with E-state index in [1.165, 1.54) is 12.1 Å². The van der Waals surface area contributed by atoms with Crippen LogP contribution >= 0.6 is 15.9 Å². The van der Waals surface area contributed by atoms with Crippen molar-refractivity contribution in [1.82, 2.24) is 4.57 Å². The lowest BCUT2D eigenvalue weighted by atomic mass is 10.1. The Morgan fingerprint density at radius 1 is 1.00 bits per heavy atom. The van der Waals surface area contributed by atoms with Crippen LogP contribution in [0, 0.1) is 24.4 Å². The van der Waals surface area contributed by atoms with E-state index in [0.29, 0.717) is 64.4 Å². The van der Waals surface area contributed by atoms with Crippen LogP contribution in [0.15, 0.2) is 65.1 Å². The number of carboxylic acid groups (broad SMARTS) is 1. The van der Waals surface area contributed by atoms with E-state index in [1.54, 1.807) is 29.2 Å². The van der Waals surface area contributed by atoms with E-state index < -0.39 is 35.6 Å². The fourth-order valence-electron chi connectivity index (χ4n) is 4.70. The normalized spacial score (nSPS) is 13.3. The maximum Gasteiger partial charge on any atom is 0.335 e. The summed E-state index contributed by atoms with van der Waals surface area (Å²) in [6.45, 7) is 1.86. The summed E-state index contributed by atoms with van der Waals surface area (Å²) in [7, 11) is 0. The van der Waals surface area contributed by atoms with E-state index in [1.807, 2.05) is 23.6 Å². The molecule has 10 heteroatoms. The predicted octanol–water partition coefficient (Wildman–Crippen LogP) is 7.04. The number of carbonyl (C=O) groups is 2. The monoisotopic (exact) mass is 598 g/mol. The van der Waals surface area contributed by atoms with Crippen LogP contribution in [0.3, 0.4) is 0 Å². The summed E-state index contributed by atoms with van der Waals surface area (Å²) in [6.07, 6.45) is 1.08. The summed E-state index contributed by atoms with van der Waals surface area (Å²) in [5.74, 6) is -4.04. The number of benzene rings is 3. The van der Waals surface area contributed by atoms with Gasteiger partial charge in [0.1, 0.15) is 29.8 Å². The lowest BCUT2D eigenvalue weighted by Gasteiger charge is -2.20. The summed E-state index contributed by atoms with van der Waals surface area (Å²) >= 11 is 3.45. The van der Waals surface area contributed by atoms with E-state index in [-0.39, 0.29) is 11.5 Å². The highest BCUT2D eigenvalue weighted by molar-refractivity contribution is 9.10. The number of amides is 1. The molecule has 1 aliphatic heterocycles. The average Bonchev–Trinajstić information content (AvgIpc) is 3.49. The molecule has 6 nitrogen and oxygen atoms in total. The fraction of sp³-hybridized carbons (Fsp3) is 0.172. The standard InChI is InChI=1S/C29H22BrF3N2O4/c1-16-4-6-26(35(16)21-10-17(29(37)38)9-20(14-21)34-8-2-3-28(34)36)22-11-18(30)5-7-27(22)39-15-23-24(32)12-19(31)13-25(23)33/h4-7,9-14H,2-3,8,15H2,1H3,(H,37,38). The van der Waals surface area contributed by atoms with Crippen molar-refractivity contribution in [2.75, 3.05) is 11.4 Å². The summed E-state index contributed by atoms with van der Waals surface area (Å²) in [5.41, 5.74) is 2.56. The van der Waals surface area contributed by atoms with Crippen LogP contribution in [0.2, 0.25) is 0 Å². The highest BCUT2D eigenvalue weighted by atomic mass is 79.9. The Morgan fingerprint density at radius 2 is 1.72 bits per heavy atom. The van der Waals surface area contributed by atoms with Gasteiger partial charge in [0.05, 0.1) is 16.8 Å². The van der Waals surface area contributed by atoms with Crippen LogP contribution in [0.1, 0.15) is 34.5 Å². The van der Waals surface area contributed by atoms with Crippen LogP contribution < -0.4 is 9.64 Å². The minimum Gasteiger partial charge on any atom is -0.488 e. The minimum atomic E-state index is -1.13. The van der Waals surface area contributed by atoms with E-state index >= 15 is 0 Å². The third-order valence-electron chi connectivity index (χ3n) is 6.56. The molecule has 1 fully saturated rings. The van der Waals surface area contributed by atoms with Crippen molar-refractivity contribution in [1.29, 1.82) is 0 Å². The van der Waals surface area contributed by atoms with Crippen molar-refractivity contribution in [3.8, 4) is 22.7 Å². The van der Waals surface area contributed by atoms with Gasteiger partial charge in [-0.2, -0.15) is 0 Å². The number of hydrogen-bond acceptors (Lipinski definition) is 3. The molecule has 1 aliphatic rings. The number of carboxylic acids is 1. The first-order valence-corrected chi connectivity index (χ1v) is 12.9. The van der Waals surface area contributed by atoms with Gasteiger partial charge in [0.2, 0.25) is 5.91 Å². The number of aromatic nitrogens is 1. The molecule has 1 amide bonds. The molecule has 0 saturated carbocycles. The van der Waals surface area contributed by atoms with Gasteiger partial charge in [-0.15, -0.1) is 0 Å². The summed E-state index contributed by atoms with van der Waals surface area (Å²) in [5, 5.41) is 9.79. The van der Waals surface area contributed by atoms with Gasteiger partial charge in [-0.25, -0.2) is 18.0 Å². The number of rotatable bonds is 7. The maximum atomic E-state index is 14.2. The Bertz CT molecular complexity index is 1600. The molecule has 3 aromatic carbocycles. The molecule has 4 aromatic rings. The number of anilines is 1. The van der Waals surface area contributed by atoms with Crippen molar-refractivity contribution in [2.24, 2.45) is 0 Å². The van der Waals surface area contributed by atoms with Gasteiger partial charge < -0.3 is 19.3 Å². The number of ether oxygens (including phenoxy) is 1. The number of carbonyl (C=O) groups excluding carboxylic acids is 1. The van der Waals surface area contributed by atoms with Gasteiger partial charge in [-0.3, -0.25) is 4.79 Å². The number of hydrogen-bond donors (Lipinski definition) is 1. The van der Waals surface area contributed by atoms with Gasteiger partial charge >= 0.3 is 5.97 Å². The zero-order chi connectivity index (χ0) is 27.8. The lowest BCUT2D eigenvalue weighted by Crippen LogP contribution is -2.24. The number of aryl methyl sites for hydroxylation is 1. The highest BCUT2D eigenvalue weighted by Gasteiger charge is 2.24. The zero-order valence-corrected chi connectivity index (χ0v) is 22.3.